The molecule has 4 nitrogen and oxygen atoms in total. The van der Waals surface area contributed by atoms with Crippen LogP contribution in [0.2, 0.25) is 0 Å². The first kappa shape index (κ1) is 18.4. The Balaban J connectivity index is 1.34. The van der Waals surface area contributed by atoms with Crippen molar-refractivity contribution in [2.45, 2.75) is 75.2 Å². The predicted molar refractivity (Wildman–Crippen MR) is 102 cm³/mol. The molecular formula is C22H33NO3. The zero-order valence-corrected chi connectivity index (χ0v) is 16.0. The van der Waals surface area contributed by atoms with Gasteiger partial charge in [-0.3, -0.25) is 4.90 Å². The van der Waals surface area contributed by atoms with E-state index in [-0.39, 0.29) is 11.7 Å². The summed E-state index contributed by atoms with van der Waals surface area (Å²) in [5.74, 6) is 0. The third kappa shape index (κ3) is 3.99. The first-order chi connectivity index (χ1) is 12.6. The van der Waals surface area contributed by atoms with Gasteiger partial charge < -0.3 is 14.6 Å². The Morgan fingerprint density at radius 1 is 1.15 bits per heavy atom. The summed E-state index contributed by atoms with van der Waals surface area (Å²) in [4.78, 5) is 2.62. The molecule has 3 aliphatic rings. The van der Waals surface area contributed by atoms with Gasteiger partial charge in [0.05, 0.1) is 18.8 Å². The Morgan fingerprint density at radius 3 is 2.69 bits per heavy atom. The fraction of sp³-hybridized carbons (Fsp3) is 0.727. The van der Waals surface area contributed by atoms with Crippen LogP contribution in [0.5, 0.6) is 0 Å². The van der Waals surface area contributed by atoms with Gasteiger partial charge >= 0.3 is 0 Å². The number of hydrogen-bond acceptors (Lipinski definition) is 4. The second kappa shape index (κ2) is 7.59. The molecule has 1 N–H and O–H groups in total. The second-order valence-electron chi connectivity index (χ2n) is 8.83. The van der Waals surface area contributed by atoms with Gasteiger partial charge in [0.1, 0.15) is 0 Å². The number of rotatable bonds is 4. The summed E-state index contributed by atoms with van der Waals surface area (Å²) in [6, 6.07) is 11.4. The SMILES string of the molecule is CC1(c2ccccc2)CCC2CC(O)(CCC3OCCCO3)CCN2C1. The first-order valence-corrected chi connectivity index (χ1v) is 10.3. The van der Waals surface area contributed by atoms with Crippen molar-refractivity contribution >= 4 is 0 Å². The minimum atomic E-state index is -0.550. The second-order valence-corrected chi connectivity index (χ2v) is 8.83. The van der Waals surface area contributed by atoms with Gasteiger partial charge in [-0.2, -0.15) is 0 Å². The normalized spacial score (nSPS) is 36.6. The molecule has 3 aliphatic heterocycles. The topological polar surface area (TPSA) is 41.9 Å². The molecule has 0 amide bonds. The lowest BCUT2D eigenvalue weighted by Gasteiger charge is -2.51. The van der Waals surface area contributed by atoms with Crippen LogP contribution in [0.3, 0.4) is 0 Å². The summed E-state index contributed by atoms with van der Waals surface area (Å²) in [7, 11) is 0. The number of piperidine rings is 2. The summed E-state index contributed by atoms with van der Waals surface area (Å²) in [6.07, 6.45) is 6.60. The molecule has 0 aromatic heterocycles. The van der Waals surface area contributed by atoms with Crippen LogP contribution in [0.25, 0.3) is 0 Å². The van der Waals surface area contributed by atoms with Crippen LogP contribution in [-0.4, -0.2) is 54.2 Å². The van der Waals surface area contributed by atoms with E-state index in [1.165, 1.54) is 18.4 Å². The van der Waals surface area contributed by atoms with Crippen molar-refractivity contribution in [2.75, 3.05) is 26.3 Å². The fourth-order valence-corrected chi connectivity index (χ4v) is 5.10. The largest absolute Gasteiger partial charge is 0.390 e. The zero-order valence-electron chi connectivity index (χ0n) is 16.0. The zero-order chi connectivity index (χ0) is 18.0. The molecule has 1 aromatic carbocycles. The average Bonchev–Trinajstić information content (AvgIpc) is 2.69. The van der Waals surface area contributed by atoms with E-state index >= 15 is 0 Å². The number of nitrogens with zero attached hydrogens (tertiary/aromatic N) is 1. The standard InChI is InChI=1S/C22H33NO3/c1-21(18-6-3-2-4-7-18)10-8-19-16-22(24,12-13-23(19)17-21)11-9-20-25-14-5-15-26-20/h2-4,6-7,19-20,24H,5,8-17H2,1H3. The molecular weight excluding hydrogens is 326 g/mol. The van der Waals surface area contributed by atoms with Crippen LogP contribution in [0, 0.1) is 0 Å². The number of hydrogen-bond donors (Lipinski definition) is 1. The van der Waals surface area contributed by atoms with Crippen molar-refractivity contribution < 1.29 is 14.6 Å². The van der Waals surface area contributed by atoms with Crippen molar-refractivity contribution in [1.29, 1.82) is 0 Å². The van der Waals surface area contributed by atoms with Crippen molar-refractivity contribution in [2.24, 2.45) is 0 Å². The van der Waals surface area contributed by atoms with Gasteiger partial charge in [0.15, 0.2) is 6.29 Å². The molecule has 26 heavy (non-hydrogen) atoms. The van der Waals surface area contributed by atoms with Crippen LogP contribution in [-0.2, 0) is 14.9 Å². The van der Waals surface area contributed by atoms with Crippen LogP contribution < -0.4 is 0 Å². The monoisotopic (exact) mass is 359 g/mol. The van der Waals surface area contributed by atoms with Gasteiger partial charge in [-0.25, -0.2) is 0 Å². The summed E-state index contributed by atoms with van der Waals surface area (Å²) in [5, 5.41) is 11.2. The van der Waals surface area contributed by atoms with Crippen LogP contribution in [0.15, 0.2) is 30.3 Å². The number of fused-ring (bicyclic) bond motifs is 1. The highest BCUT2D eigenvalue weighted by Crippen LogP contribution is 2.42. The molecule has 0 aliphatic carbocycles. The van der Waals surface area contributed by atoms with E-state index in [9.17, 15) is 5.11 Å². The lowest BCUT2D eigenvalue weighted by Crippen LogP contribution is -2.57. The Morgan fingerprint density at radius 2 is 1.92 bits per heavy atom. The van der Waals surface area contributed by atoms with Crippen molar-refractivity contribution in [3.05, 3.63) is 35.9 Å². The molecule has 4 rings (SSSR count). The molecule has 0 radical (unpaired) electrons. The van der Waals surface area contributed by atoms with Gasteiger partial charge in [0, 0.05) is 31.0 Å². The predicted octanol–water partition coefficient (Wildman–Crippen LogP) is 3.48. The van der Waals surface area contributed by atoms with Crippen molar-refractivity contribution in [3.8, 4) is 0 Å². The highest BCUT2D eigenvalue weighted by atomic mass is 16.7. The van der Waals surface area contributed by atoms with E-state index in [4.69, 9.17) is 9.47 Å². The molecule has 3 atom stereocenters. The van der Waals surface area contributed by atoms with Gasteiger partial charge in [-0.05, 0) is 44.1 Å². The molecule has 3 fully saturated rings. The summed E-state index contributed by atoms with van der Waals surface area (Å²) >= 11 is 0. The molecule has 144 valence electrons. The Kier molecular flexibility index (Phi) is 5.38. The van der Waals surface area contributed by atoms with E-state index in [1.807, 2.05) is 0 Å². The summed E-state index contributed by atoms with van der Waals surface area (Å²) in [5.41, 5.74) is 1.13. The quantitative estimate of drug-likeness (QED) is 0.894. The highest BCUT2D eigenvalue weighted by Gasteiger charge is 2.44. The maximum Gasteiger partial charge on any atom is 0.157 e. The van der Waals surface area contributed by atoms with E-state index in [0.29, 0.717) is 6.04 Å². The smallest absolute Gasteiger partial charge is 0.157 e. The third-order valence-corrected chi connectivity index (χ3v) is 6.79. The highest BCUT2D eigenvalue weighted by molar-refractivity contribution is 5.26. The van der Waals surface area contributed by atoms with E-state index in [0.717, 1.165) is 58.4 Å². The molecule has 0 bridgehead atoms. The van der Waals surface area contributed by atoms with Crippen molar-refractivity contribution in [1.82, 2.24) is 4.90 Å². The van der Waals surface area contributed by atoms with Gasteiger partial charge in [0.2, 0.25) is 0 Å². The third-order valence-electron chi connectivity index (χ3n) is 6.79. The molecule has 3 saturated heterocycles. The minimum absolute atomic E-state index is 0.112. The Hall–Kier alpha value is -0.940. The van der Waals surface area contributed by atoms with Gasteiger partial charge in [-0.1, -0.05) is 37.3 Å². The molecule has 1 aromatic rings. The molecule has 4 heteroatoms. The average molecular weight is 360 g/mol. The molecule has 0 saturated carbocycles. The van der Waals surface area contributed by atoms with Gasteiger partial charge in [-0.15, -0.1) is 0 Å². The lowest BCUT2D eigenvalue weighted by molar-refractivity contribution is -0.189. The summed E-state index contributed by atoms with van der Waals surface area (Å²) in [6.45, 7) is 6.08. The first-order valence-electron chi connectivity index (χ1n) is 10.3. The van der Waals surface area contributed by atoms with Crippen molar-refractivity contribution in [3.63, 3.8) is 0 Å². The lowest BCUT2D eigenvalue weighted by atomic mass is 9.70. The maximum atomic E-state index is 11.2. The number of ether oxygens (including phenoxy) is 2. The van der Waals surface area contributed by atoms with Crippen LogP contribution >= 0.6 is 0 Å². The molecule has 0 spiro atoms. The number of benzene rings is 1. The van der Waals surface area contributed by atoms with E-state index < -0.39 is 5.60 Å². The summed E-state index contributed by atoms with van der Waals surface area (Å²) < 4.78 is 11.3. The molecule has 3 heterocycles. The maximum absolute atomic E-state index is 11.2. The van der Waals surface area contributed by atoms with Crippen LogP contribution in [0.4, 0.5) is 0 Å². The minimum Gasteiger partial charge on any atom is -0.390 e. The Bertz CT molecular complexity index is 588. The molecule has 3 unspecified atom stereocenters. The van der Waals surface area contributed by atoms with E-state index in [2.05, 4.69) is 42.2 Å². The fourth-order valence-electron chi connectivity index (χ4n) is 5.10. The number of aliphatic hydroxyl groups is 1. The van der Waals surface area contributed by atoms with Crippen LogP contribution in [0.1, 0.15) is 57.4 Å². The van der Waals surface area contributed by atoms with E-state index in [1.54, 1.807) is 0 Å². The van der Waals surface area contributed by atoms with Gasteiger partial charge in [0.25, 0.3) is 0 Å². The Labute approximate surface area is 157 Å².